The molecular weight excluding hydrogens is 504 g/mol. The van der Waals surface area contributed by atoms with Gasteiger partial charge in [0.1, 0.15) is 23.3 Å². The van der Waals surface area contributed by atoms with Crippen LogP contribution in [-0.4, -0.2) is 21.8 Å². The maximum Gasteiger partial charge on any atom is 0.174 e. The van der Waals surface area contributed by atoms with Crippen LogP contribution in [0.15, 0.2) is 116 Å². The Labute approximate surface area is 233 Å². The number of nitrogens with zero attached hydrogens (tertiary/aromatic N) is 3. The minimum atomic E-state index is -0.170. The summed E-state index contributed by atoms with van der Waals surface area (Å²) in [7, 11) is 1.69. The summed E-state index contributed by atoms with van der Waals surface area (Å²) < 4.78 is 13.9. The first-order chi connectivity index (χ1) is 19.1. The molecule has 1 N–H and O–H groups in total. The molecule has 5 aromatic rings. The van der Waals surface area contributed by atoms with Crippen molar-refractivity contribution in [3.63, 3.8) is 0 Å². The van der Waals surface area contributed by atoms with Crippen molar-refractivity contribution in [1.82, 2.24) is 14.9 Å². The number of para-hydroxylation sites is 2. The number of aromatic nitrogens is 2. The molecule has 7 heteroatoms. The van der Waals surface area contributed by atoms with E-state index >= 15 is 0 Å². The number of thiocarbonyl (C=S) groups is 1. The van der Waals surface area contributed by atoms with Crippen LogP contribution in [0.3, 0.4) is 0 Å². The Morgan fingerprint density at radius 2 is 1.54 bits per heavy atom. The maximum atomic E-state index is 6.07. The molecule has 2 aromatic heterocycles. The van der Waals surface area contributed by atoms with E-state index in [1.807, 2.05) is 91.1 Å². The summed E-state index contributed by atoms with van der Waals surface area (Å²) in [5.41, 5.74) is 5.08. The molecule has 0 bridgehead atoms. The molecule has 0 saturated carbocycles. The summed E-state index contributed by atoms with van der Waals surface area (Å²) in [4.78, 5) is 6.84. The molecular formula is C32H28N4O2S. The highest BCUT2D eigenvalue weighted by Gasteiger charge is 2.42. The van der Waals surface area contributed by atoms with Gasteiger partial charge in [-0.2, -0.15) is 0 Å². The lowest BCUT2D eigenvalue weighted by atomic mass is 10.0. The quantitative estimate of drug-likeness (QED) is 0.225. The van der Waals surface area contributed by atoms with E-state index in [1.165, 1.54) is 5.56 Å². The number of hydrogen-bond acceptors (Lipinski definition) is 4. The van der Waals surface area contributed by atoms with Gasteiger partial charge in [0.05, 0.1) is 24.5 Å². The number of aryl methyl sites for hydroxylation is 1. The standard InChI is InChI=1S/C32H28N4O2S/c1-22-12-16-24(17-13-22)38-25-18-14-23(15-19-25)36-31(30(34-32(36)39)26-8-5-6-20-33-26)28-10-7-21-35(28)27-9-3-4-11-29(27)37-2/h3-21,30-31H,1-2H3,(H,34,39)/t30-,31-/m0/s1. The summed E-state index contributed by atoms with van der Waals surface area (Å²) >= 11 is 5.93. The molecule has 194 valence electrons. The normalized spacial score (nSPS) is 16.7. The highest BCUT2D eigenvalue weighted by Crippen LogP contribution is 2.43. The molecule has 0 unspecified atom stereocenters. The topological polar surface area (TPSA) is 51.5 Å². The molecule has 1 aliphatic heterocycles. The van der Waals surface area contributed by atoms with Gasteiger partial charge in [0.2, 0.25) is 0 Å². The highest BCUT2D eigenvalue weighted by atomic mass is 32.1. The molecule has 0 aliphatic carbocycles. The van der Waals surface area contributed by atoms with Crippen molar-refractivity contribution >= 4 is 23.0 Å². The first kappa shape index (κ1) is 24.7. The Morgan fingerprint density at radius 1 is 0.821 bits per heavy atom. The molecule has 2 atom stereocenters. The SMILES string of the molecule is COc1ccccc1-n1cccc1[C@H]1[C@H](c2ccccn2)NC(=S)N1c1ccc(Oc2ccc(C)cc2)cc1. The van der Waals surface area contributed by atoms with E-state index in [0.29, 0.717) is 5.11 Å². The van der Waals surface area contributed by atoms with Gasteiger partial charge in [-0.15, -0.1) is 0 Å². The van der Waals surface area contributed by atoms with Gasteiger partial charge in [-0.25, -0.2) is 0 Å². The zero-order valence-electron chi connectivity index (χ0n) is 21.7. The summed E-state index contributed by atoms with van der Waals surface area (Å²) in [6.45, 7) is 2.06. The van der Waals surface area contributed by atoms with E-state index in [0.717, 1.165) is 40.0 Å². The summed E-state index contributed by atoms with van der Waals surface area (Å²) in [5, 5.41) is 4.18. The van der Waals surface area contributed by atoms with Crippen LogP contribution in [-0.2, 0) is 0 Å². The van der Waals surface area contributed by atoms with Crippen molar-refractivity contribution in [1.29, 1.82) is 0 Å². The fraction of sp³-hybridized carbons (Fsp3) is 0.125. The van der Waals surface area contributed by atoms with Crippen LogP contribution in [0.2, 0.25) is 0 Å². The van der Waals surface area contributed by atoms with E-state index in [1.54, 1.807) is 7.11 Å². The third-order valence-electron chi connectivity index (χ3n) is 6.90. The molecule has 1 fully saturated rings. The third kappa shape index (κ3) is 4.84. The van der Waals surface area contributed by atoms with Crippen LogP contribution in [0.25, 0.3) is 5.69 Å². The van der Waals surface area contributed by atoms with Crippen LogP contribution in [0, 0.1) is 6.92 Å². The molecule has 3 aromatic carbocycles. The smallest absolute Gasteiger partial charge is 0.174 e. The number of anilines is 1. The predicted octanol–water partition coefficient (Wildman–Crippen LogP) is 7.16. The second kappa shape index (κ2) is 10.6. The van der Waals surface area contributed by atoms with E-state index in [4.69, 9.17) is 21.7 Å². The fourth-order valence-electron chi connectivity index (χ4n) is 5.03. The molecule has 39 heavy (non-hydrogen) atoms. The van der Waals surface area contributed by atoms with Gasteiger partial charge in [-0.05, 0) is 91.9 Å². The Kier molecular flexibility index (Phi) is 6.73. The Morgan fingerprint density at radius 3 is 2.26 bits per heavy atom. The Bertz CT molecular complexity index is 1580. The third-order valence-corrected chi connectivity index (χ3v) is 7.21. The van der Waals surface area contributed by atoms with Crippen molar-refractivity contribution in [3.8, 4) is 22.9 Å². The summed E-state index contributed by atoms with van der Waals surface area (Å²) in [5.74, 6) is 2.35. The van der Waals surface area contributed by atoms with Gasteiger partial charge >= 0.3 is 0 Å². The van der Waals surface area contributed by atoms with Gasteiger partial charge in [-0.1, -0.05) is 35.9 Å². The average Bonchev–Trinajstić information content (AvgIpc) is 3.59. The molecule has 3 heterocycles. The van der Waals surface area contributed by atoms with Crippen molar-refractivity contribution in [2.24, 2.45) is 0 Å². The molecule has 6 rings (SSSR count). The first-order valence-corrected chi connectivity index (χ1v) is 13.2. The molecule has 1 saturated heterocycles. The van der Waals surface area contributed by atoms with Crippen LogP contribution >= 0.6 is 12.2 Å². The number of benzene rings is 3. The lowest BCUT2D eigenvalue weighted by Crippen LogP contribution is -2.30. The lowest BCUT2D eigenvalue weighted by molar-refractivity contribution is 0.412. The Hall–Kier alpha value is -4.62. The molecule has 0 radical (unpaired) electrons. The predicted molar refractivity (Wildman–Crippen MR) is 158 cm³/mol. The maximum absolute atomic E-state index is 6.07. The zero-order valence-corrected chi connectivity index (χ0v) is 22.5. The number of ether oxygens (including phenoxy) is 2. The lowest BCUT2D eigenvalue weighted by Gasteiger charge is -2.29. The Balaban J connectivity index is 1.40. The van der Waals surface area contributed by atoms with Gasteiger partial charge < -0.3 is 24.3 Å². The summed E-state index contributed by atoms with van der Waals surface area (Å²) in [6, 6.07) is 33.9. The van der Waals surface area contributed by atoms with Crippen molar-refractivity contribution in [3.05, 3.63) is 132 Å². The monoisotopic (exact) mass is 532 g/mol. The van der Waals surface area contributed by atoms with Gasteiger partial charge in [0.25, 0.3) is 0 Å². The van der Waals surface area contributed by atoms with E-state index < -0.39 is 0 Å². The molecule has 0 amide bonds. The van der Waals surface area contributed by atoms with Crippen LogP contribution in [0.5, 0.6) is 17.2 Å². The van der Waals surface area contributed by atoms with Gasteiger partial charge in [0, 0.05) is 23.8 Å². The minimum absolute atomic E-state index is 0.162. The number of rotatable bonds is 7. The number of hydrogen-bond donors (Lipinski definition) is 1. The zero-order chi connectivity index (χ0) is 26.8. The fourth-order valence-corrected chi connectivity index (χ4v) is 5.38. The van der Waals surface area contributed by atoms with Crippen molar-refractivity contribution in [2.45, 2.75) is 19.0 Å². The minimum Gasteiger partial charge on any atom is -0.495 e. The van der Waals surface area contributed by atoms with Crippen LogP contribution in [0.1, 0.15) is 29.0 Å². The number of pyridine rings is 1. The molecule has 1 aliphatic rings. The van der Waals surface area contributed by atoms with Crippen LogP contribution < -0.4 is 19.7 Å². The average molecular weight is 533 g/mol. The summed E-state index contributed by atoms with van der Waals surface area (Å²) in [6.07, 6.45) is 3.87. The van der Waals surface area contributed by atoms with Crippen LogP contribution in [0.4, 0.5) is 5.69 Å². The highest BCUT2D eigenvalue weighted by molar-refractivity contribution is 7.80. The molecule has 6 nitrogen and oxygen atoms in total. The second-order valence-electron chi connectivity index (χ2n) is 9.38. The largest absolute Gasteiger partial charge is 0.495 e. The van der Waals surface area contributed by atoms with Gasteiger partial charge in [0.15, 0.2) is 5.11 Å². The van der Waals surface area contributed by atoms with Gasteiger partial charge in [-0.3, -0.25) is 4.98 Å². The number of nitrogens with one attached hydrogen (secondary N) is 1. The van der Waals surface area contributed by atoms with E-state index in [-0.39, 0.29) is 12.1 Å². The molecule has 0 spiro atoms. The van der Waals surface area contributed by atoms with Crippen molar-refractivity contribution < 1.29 is 9.47 Å². The second-order valence-corrected chi connectivity index (χ2v) is 9.77. The van der Waals surface area contributed by atoms with E-state index in [2.05, 4.69) is 51.1 Å². The van der Waals surface area contributed by atoms with E-state index in [9.17, 15) is 0 Å². The number of methoxy groups -OCH3 is 1. The van der Waals surface area contributed by atoms with Crippen molar-refractivity contribution in [2.75, 3.05) is 12.0 Å². The first-order valence-electron chi connectivity index (χ1n) is 12.8.